The Labute approximate surface area is 150 Å². The molecule has 134 valence electrons. The zero-order valence-electron chi connectivity index (χ0n) is 14.7. The SMILES string of the molecule is Cc1nc2ncnn2c(N2CCN(C(=O)c3ccccc3F)CC2)c1C. The zero-order chi connectivity index (χ0) is 18.3. The Bertz CT molecular complexity index is 977. The molecular weight excluding hydrogens is 335 g/mol. The molecule has 0 N–H and O–H groups in total. The zero-order valence-corrected chi connectivity index (χ0v) is 14.7. The number of fused-ring (bicyclic) bond motifs is 1. The summed E-state index contributed by atoms with van der Waals surface area (Å²) in [5, 5.41) is 4.28. The molecule has 0 unspecified atom stereocenters. The molecule has 0 spiro atoms. The van der Waals surface area contributed by atoms with Gasteiger partial charge in [0.15, 0.2) is 0 Å². The molecule has 7 nitrogen and oxygen atoms in total. The van der Waals surface area contributed by atoms with E-state index < -0.39 is 5.82 Å². The van der Waals surface area contributed by atoms with Gasteiger partial charge in [0.05, 0.1) is 5.56 Å². The minimum Gasteiger partial charge on any atom is -0.353 e. The van der Waals surface area contributed by atoms with E-state index in [1.165, 1.54) is 18.5 Å². The van der Waals surface area contributed by atoms with Crippen molar-refractivity contribution >= 4 is 17.5 Å². The number of carbonyl (C=O) groups excluding carboxylic acids is 1. The summed E-state index contributed by atoms with van der Waals surface area (Å²) in [4.78, 5) is 25.1. The van der Waals surface area contributed by atoms with Crippen molar-refractivity contribution in [2.24, 2.45) is 0 Å². The summed E-state index contributed by atoms with van der Waals surface area (Å²) in [6.07, 6.45) is 1.49. The monoisotopic (exact) mass is 354 g/mol. The molecule has 1 fully saturated rings. The van der Waals surface area contributed by atoms with Crippen LogP contribution in [0, 0.1) is 19.7 Å². The molecule has 1 aliphatic rings. The van der Waals surface area contributed by atoms with Crippen LogP contribution in [0.2, 0.25) is 0 Å². The van der Waals surface area contributed by atoms with Crippen molar-refractivity contribution in [3.05, 3.63) is 53.2 Å². The first-order valence-electron chi connectivity index (χ1n) is 8.52. The van der Waals surface area contributed by atoms with Crippen LogP contribution in [-0.4, -0.2) is 56.6 Å². The maximum atomic E-state index is 13.9. The topological polar surface area (TPSA) is 66.6 Å². The molecule has 1 aromatic carbocycles. The van der Waals surface area contributed by atoms with Gasteiger partial charge in [-0.25, -0.2) is 9.37 Å². The molecule has 2 aromatic heterocycles. The Kier molecular flexibility index (Phi) is 4.02. The quantitative estimate of drug-likeness (QED) is 0.703. The maximum absolute atomic E-state index is 13.9. The van der Waals surface area contributed by atoms with Crippen molar-refractivity contribution in [1.29, 1.82) is 0 Å². The minimum atomic E-state index is -0.482. The molecule has 1 amide bonds. The van der Waals surface area contributed by atoms with Gasteiger partial charge in [0.25, 0.3) is 11.7 Å². The van der Waals surface area contributed by atoms with Gasteiger partial charge in [-0.2, -0.15) is 14.6 Å². The molecule has 3 aromatic rings. The summed E-state index contributed by atoms with van der Waals surface area (Å²) < 4.78 is 15.6. The summed E-state index contributed by atoms with van der Waals surface area (Å²) in [5.41, 5.74) is 2.07. The van der Waals surface area contributed by atoms with E-state index in [1.54, 1.807) is 21.5 Å². The van der Waals surface area contributed by atoms with Crippen LogP contribution in [0.15, 0.2) is 30.6 Å². The standard InChI is InChI=1S/C18H19FN6O/c1-12-13(2)22-18-20-11-21-25(18)16(12)23-7-9-24(10-8-23)17(26)14-5-3-4-6-15(14)19/h3-6,11H,7-10H2,1-2H3. The summed E-state index contributed by atoms with van der Waals surface area (Å²) in [5.74, 6) is 0.761. The molecule has 4 rings (SSSR count). The van der Waals surface area contributed by atoms with E-state index in [0.29, 0.717) is 32.0 Å². The van der Waals surface area contributed by atoms with Gasteiger partial charge in [0.1, 0.15) is 18.0 Å². The van der Waals surface area contributed by atoms with Crippen LogP contribution in [0.25, 0.3) is 5.78 Å². The number of hydrogen-bond acceptors (Lipinski definition) is 5. The van der Waals surface area contributed by atoms with Gasteiger partial charge in [-0.1, -0.05) is 12.1 Å². The van der Waals surface area contributed by atoms with Gasteiger partial charge in [-0.3, -0.25) is 4.79 Å². The second kappa shape index (κ2) is 6.36. The average Bonchev–Trinajstić information content (AvgIpc) is 3.10. The lowest BCUT2D eigenvalue weighted by atomic mass is 10.1. The Morgan fingerprint density at radius 2 is 1.85 bits per heavy atom. The first-order chi connectivity index (χ1) is 12.6. The predicted octanol–water partition coefficient (Wildman–Crippen LogP) is 1.84. The number of amides is 1. The Morgan fingerprint density at radius 1 is 1.12 bits per heavy atom. The van der Waals surface area contributed by atoms with Crippen molar-refractivity contribution in [1.82, 2.24) is 24.5 Å². The molecule has 0 radical (unpaired) electrons. The normalized spacial score (nSPS) is 14.9. The highest BCUT2D eigenvalue weighted by atomic mass is 19.1. The molecular formula is C18H19FN6O. The van der Waals surface area contributed by atoms with E-state index in [2.05, 4.69) is 20.0 Å². The number of benzene rings is 1. The third kappa shape index (κ3) is 2.67. The molecule has 0 atom stereocenters. The fourth-order valence-corrected chi connectivity index (χ4v) is 3.31. The summed E-state index contributed by atoms with van der Waals surface area (Å²) >= 11 is 0. The highest BCUT2D eigenvalue weighted by Gasteiger charge is 2.26. The molecule has 1 aliphatic heterocycles. The van der Waals surface area contributed by atoms with Crippen molar-refractivity contribution in [2.45, 2.75) is 13.8 Å². The lowest BCUT2D eigenvalue weighted by Gasteiger charge is -2.36. The Hall–Kier alpha value is -3.03. The molecule has 26 heavy (non-hydrogen) atoms. The van der Waals surface area contributed by atoms with Crippen LogP contribution in [-0.2, 0) is 0 Å². The Morgan fingerprint density at radius 3 is 2.58 bits per heavy atom. The highest BCUT2D eigenvalue weighted by molar-refractivity contribution is 5.94. The summed E-state index contributed by atoms with van der Waals surface area (Å²) in [6.45, 7) is 6.27. The van der Waals surface area contributed by atoms with E-state index >= 15 is 0 Å². The number of rotatable bonds is 2. The van der Waals surface area contributed by atoms with E-state index in [4.69, 9.17) is 0 Å². The first kappa shape index (κ1) is 16.4. The third-order valence-electron chi connectivity index (χ3n) is 4.85. The largest absolute Gasteiger partial charge is 0.353 e. The molecule has 0 saturated carbocycles. The second-order valence-electron chi connectivity index (χ2n) is 6.38. The third-order valence-corrected chi connectivity index (χ3v) is 4.85. The number of aryl methyl sites for hydroxylation is 1. The number of nitrogens with zero attached hydrogens (tertiary/aromatic N) is 6. The van der Waals surface area contributed by atoms with E-state index in [9.17, 15) is 9.18 Å². The summed E-state index contributed by atoms with van der Waals surface area (Å²) in [7, 11) is 0. The van der Waals surface area contributed by atoms with Crippen molar-refractivity contribution in [2.75, 3.05) is 31.1 Å². The van der Waals surface area contributed by atoms with E-state index in [1.807, 2.05) is 13.8 Å². The second-order valence-corrected chi connectivity index (χ2v) is 6.38. The Balaban J connectivity index is 1.56. The minimum absolute atomic E-state index is 0.121. The smallest absolute Gasteiger partial charge is 0.256 e. The van der Waals surface area contributed by atoms with Crippen LogP contribution >= 0.6 is 0 Å². The van der Waals surface area contributed by atoms with Gasteiger partial charge in [-0.05, 0) is 26.0 Å². The van der Waals surface area contributed by atoms with Crippen LogP contribution in [0.4, 0.5) is 10.2 Å². The fraction of sp³-hybridized carbons (Fsp3) is 0.333. The predicted molar refractivity (Wildman–Crippen MR) is 94.8 cm³/mol. The molecule has 0 aliphatic carbocycles. The van der Waals surface area contributed by atoms with Crippen LogP contribution in [0.3, 0.4) is 0 Å². The highest BCUT2D eigenvalue weighted by Crippen LogP contribution is 2.24. The first-order valence-corrected chi connectivity index (χ1v) is 8.52. The number of carbonyl (C=O) groups is 1. The fourth-order valence-electron chi connectivity index (χ4n) is 3.31. The van der Waals surface area contributed by atoms with Crippen molar-refractivity contribution < 1.29 is 9.18 Å². The molecule has 8 heteroatoms. The lowest BCUT2D eigenvalue weighted by molar-refractivity contribution is 0.0741. The van der Waals surface area contributed by atoms with Gasteiger partial charge >= 0.3 is 0 Å². The van der Waals surface area contributed by atoms with Crippen molar-refractivity contribution in [3.63, 3.8) is 0 Å². The maximum Gasteiger partial charge on any atom is 0.256 e. The van der Waals surface area contributed by atoms with Gasteiger partial charge < -0.3 is 9.80 Å². The summed E-state index contributed by atoms with van der Waals surface area (Å²) in [6, 6.07) is 6.10. The van der Waals surface area contributed by atoms with Crippen LogP contribution in [0.1, 0.15) is 21.6 Å². The number of anilines is 1. The number of halogens is 1. The lowest BCUT2D eigenvalue weighted by Crippen LogP contribution is -2.49. The number of aromatic nitrogens is 4. The van der Waals surface area contributed by atoms with Crippen LogP contribution in [0.5, 0.6) is 0 Å². The van der Waals surface area contributed by atoms with Gasteiger partial charge in [0, 0.05) is 37.4 Å². The van der Waals surface area contributed by atoms with E-state index in [-0.39, 0.29) is 11.5 Å². The molecule has 0 bridgehead atoms. The number of piperazine rings is 1. The molecule has 3 heterocycles. The van der Waals surface area contributed by atoms with E-state index in [0.717, 1.165) is 17.1 Å². The number of hydrogen-bond donors (Lipinski definition) is 0. The van der Waals surface area contributed by atoms with Gasteiger partial charge in [-0.15, -0.1) is 0 Å². The average molecular weight is 354 g/mol. The van der Waals surface area contributed by atoms with Crippen LogP contribution < -0.4 is 4.90 Å². The van der Waals surface area contributed by atoms with Gasteiger partial charge in [0.2, 0.25) is 0 Å². The molecule has 1 saturated heterocycles. The van der Waals surface area contributed by atoms with Crippen molar-refractivity contribution in [3.8, 4) is 0 Å².